The van der Waals surface area contributed by atoms with E-state index in [0.29, 0.717) is 18.3 Å². The van der Waals surface area contributed by atoms with E-state index in [0.717, 1.165) is 11.3 Å². The highest BCUT2D eigenvalue weighted by molar-refractivity contribution is 5.96. The molecule has 1 N–H and O–H groups in total. The second-order valence-electron chi connectivity index (χ2n) is 3.77. The largest absolute Gasteiger partial charge is 0.346 e. The van der Waals surface area contributed by atoms with E-state index in [4.69, 9.17) is 0 Å². The van der Waals surface area contributed by atoms with Gasteiger partial charge in [-0.05, 0) is 19.8 Å². The third-order valence-corrected chi connectivity index (χ3v) is 2.81. The summed E-state index contributed by atoms with van der Waals surface area (Å²) in [7, 11) is 0. The van der Waals surface area contributed by atoms with Gasteiger partial charge < -0.3 is 5.32 Å². The molecule has 3 rings (SSSR count). The molecule has 0 aromatic carbocycles. The minimum absolute atomic E-state index is 0.0162. The second-order valence-corrected chi connectivity index (χ2v) is 3.77. The van der Waals surface area contributed by atoms with Crippen molar-refractivity contribution in [1.29, 1.82) is 0 Å². The van der Waals surface area contributed by atoms with Crippen LogP contribution < -0.4 is 5.32 Å². The third kappa shape index (κ3) is 0.855. The molecular formula is C9H11N3O. The van der Waals surface area contributed by atoms with Gasteiger partial charge in [-0.15, -0.1) is 0 Å². The fraction of sp³-hybridized carbons (Fsp3) is 0.556. The van der Waals surface area contributed by atoms with Crippen molar-refractivity contribution in [1.82, 2.24) is 15.1 Å². The second kappa shape index (κ2) is 2.13. The molecule has 0 bridgehead atoms. The highest BCUT2D eigenvalue weighted by atomic mass is 16.2. The van der Waals surface area contributed by atoms with Crippen molar-refractivity contribution in [3.8, 4) is 0 Å². The van der Waals surface area contributed by atoms with Crippen molar-refractivity contribution in [2.75, 3.05) is 0 Å². The maximum Gasteiger partial charge on any atom is 0.272 e. The lowest BCUT2D eigenvalue weighted by Gasteiger charge is -2.02. The molecule has 1 aromatic rings. The minimum atomic E-state index is -0.0162. The molecule has 0 saturated heterocycles. The maximum absolute atomic E-state index is 11.3. The van der Waals surface area contributed by atoms with Crippen LogP contribution in [0.1, 0.15) is 40.6 Å². The Kier molecular flexibility index (Phi) is 1.17. The lowest BCUT2D eigenvalue weighted by Crippen LogP contribution is -2.16. The highest BCUT2D eigenvalue weighted by Crippen LogP contribution is 2.36. The fourth-order valence-electron chi connectivity index (χ4n) is 1.87. The Bertz CT molecular complexity index is 390. The van der Waals surface area contributed by atoms with Gasteiger partial charge >= 0.3 is 0 Å². The van der Waals surface area contributed by atoms with Gasteiger partial charge in [-0.2, -0.15) is 5.10 Å². The molecule has 1 aromatic heterocycles. The molecular weight excluding hydrogens is 166 g/mol. The van der Waals surface area contributed by atoms with Crippen molar-refractivity contribution in [2.24, 2.45) is 0 Å². The lowest BCUT2D eigenvalue weighted by atomic mass is 10.2. The first kappa shape index (κ1) is 7.12. The quantitative estimate of drug-likeness (QED) is 0.688. The zero-order valence-corrected chi connectivity index (χ0v) is 7.50. The van der Waals surface area contributed by atoms with Crippen LogP contribution in [0.2, 0.25) is 0 Å². The van der Waals surface area contributed by atoms with Crippen LogP contribution in [0.3, 0.4) is 0 Å². The molecule has 1 aliphatic heterocycles. The molecule has 4 nitrogen and oxygen atoms in total. The van der Waals surface area contributed by atoms with Crippen LogP contribution in [0.4, 0.5) is 0 Å². The smallest absolute Gasteiger partial charge is 0.272 e. The van der Waals surface area contributed by atoms with Crippen LogP contribution in [-0.2, 0) is 6.54 Å². The summed E-state index contributed by atoms with van der Waals surface area (Å²) in [5.41, 5.74) is 2.90. The van der Waals surface area contributed by atoms with E-state index in [9.17, 15) is 4.79 Å². The van der Waals surface area contributed by atoms with Gasteiger partial charge in [-0.3, -0.25) is 9.48 Å². The average molecular weight is 177 g/mol. The number of amides is 1. The Labute approximate surface area is 75.9 Å². The zero-order chi connectivity index (χ0) is 9.00. The van der Waals surface area contributed by atoms with Gasteiger partial charge in [-0.25, -0.2) is 0 Å². The zero-order valence-electron chi connectivity index (χ0n) is 7.50. The van der Waals surface area contributed by atoms with Gasteiger partial charge in [-0.1, -0.05) is 0 Å². The van der Waals surface area contributed by atoms with Crippen molar-refractivity contribution in [2.45, 2.75) is 32.4 Å². The third-order valence-electron chi connectivity index (χ3n) is 2.81. The summed E-state index contributed by atoms with van der Waals surface area (Å²) in [4.78, 5) is 11.3. The fourth-order valence-corrected chi connectivity index (χ4v) is 1.87. The summed E-state index contributed by atoms with van der Waals surface area (Å²) in [6.07, 6.45) is 2.42. The molecule has 2 heterocycles. The molecule has 0 radical (unpaired) electrons. The highest BCUT2D eigenvalue weighted by Gasteiger charge is 2.32. The SMILES string of the molecule is Cc1c2c(nn1C1CC1)C(=O)NC2. The first-order chi connectivity index (χ1) is 6.27. The first-order valence-electron chi connectivity index (χ1n) is 4.63. The van der Waals surface area contributed by atoms with Crippen molar-refractivity contribution in [3.63, 3.8) is 0 Å². The normalized spacial score (nSPS) is 20.2. The van der Waals surface area contributed by atoms with Crippen LogP contribution in [0, 0.1) is 6.92 Å². The van der Waals surface area contributed by atoms with E-state index in [1.54, 1.807) is 0 Å². The molecule has 4 heteroatoms. The molecule has 0 unspecified atom stereocenters. The van der Waals surface area contributed by atoms with Crippen LogP contribution in [-0.4, -0.2) is 15.7 Å². The van der Waals surface area contributed by atoms with Gasteiger partial charge in [0.05, 0.1) is 6.04 Å². The van der Waals surface area contributed by atoms with E-state index < -0.39 is 0 Å². The molecule has 1 aliphatic carbocycles. The summed E-state index contributed by atoms with van der Waals surface area (Å²) in [5, 5.41) is 7.12. The molecule has 2 aliphatic rings. The van der Waals surface area contributed by atoms with Crippen LogP contribution in [0.15, 0.2) is 0 Å². The van der Waals surface area contributed by atoms with Gasteiger partial charge in [0.25, 0.3) is 5.91 Å². The maximum atomic E-state index is 11.3. The number of fused-ring (bicyclic) bond motifs is 1. The number of carbonyl (C=O) groups excluding carboxylic acids is 1. The van der Waals surface area contributed by atoms with Crippen molar-refractivity contribution >= 4 is 5.91 Å². The number of hydrogen-bond acceptors (Lipinski definition) is 2. The number of hydrogen-bond donors (Lipinski definition) is 1. The Hall–Kier alpha value is -1.32. The lowest BCUT2D eigenvalue weighted by molar-refractivity contribution is 0.0959. The first-order valence-corrected chi connectivity index (χ1v) is 4.63. The summed E-state index contributed by atoms with van der Waals surface area (Å²) in [6.45, 7) is 2.71. The van der Waals surface area contributed by atoms with E-state index >= 15 is 0 Å². The number of carbonyl (C=O) groups is 1. The topological polar surface area (TPSA) is 46.9 Å². The van der Waals surface area contributed by atoms with Gasteiger partial charge in [0.15, 0.2) is 5.69 Å². The summed E-state index contributed by atoms with van der Waals surface area (Å²) in [6, 6.07) is 0.568. The van der Waals surface area contributed by atoms with E-state index in [1.807, 2.05) is 11.6 Å². The van der Waals surface area contributed by atoms with Crippen LogP contribution in [0.25, 0.3) is 0 Å². The van der Waals surface area contributed by atoms with Crippen LogP contribution >= 0.6 is 0 Å². The Balaban J connectivity index is 2.15. The van der Waals surface area contributed by atoms with E-state index in [1.165, 1.54) is 12.8 Å². The van der Waals surface area contributed by atoms with Gasteiger partial charge in [0.2, 0.25) is 0 Å². The average Bonchev–Trinajstić information content (AvgIpc) is 2.81. The summed E-state index contributed by atoms with van der Waals surface area (Å²) < 4.78 is 2.02. The minimum Gasteiger partial charge on any atom is -0.346 e. The molecule has 1 fully saturated rings. The Morgan fingerprint density at radius 2 is 2.31 bits per heavy atom. The molecule has 0 atom stereocenters. The number of aromatic nitrogens is 2. The molecule has 68 valence electrons. The Morgan fingerprint density at radius 1 is 1.54 bits per heavy atom. The predicted octanol–water partition coefficient (Wildman–Crippen LogP) is 0.770. The van der Waals surface area contributed by atoms with Crippen LogP contribution in [0.5, 0.6) is 0 Å². The van der Waals surface area contributed by atoms with Gasteiger partial charge in [0, 0.05) is 17.8 Å². The van der Waals surface area contributed by atoms with Gasteiger partial charge in [0.1, 0.15) is 0 Å². The molecule has 1 amide bonds. The van der Waals surface area contributed by atoms with Crippen molar-refractivity contribution < 1.29 is 4.79 Å². The molecule has 1 saturated carbocycles. The molecule has 0 spiro atoms. The predicted molar refractivity (Wildman–Crippen MR) is 46.4 cm³/mol. The summed E-state index contributed by atoms with van der Waals surface area (Å²) in [5.74, 6) is -0.0162. The number of nitrogens with one attached hydrogen (secondary N) is 1. The monoisotopic (exact) mass is 177 g/mol. The standard InChI is InChI=1S/C9H11N3O/c1-5-7-4-10-9(13)8(7)11-12(5)6-2-3-6/h6H,2-4H2,1H3,(H,10,13). The Morgan fingerprint density at radius 3 is 2.92 bits per heavy atom. The van der Waals surface area contributed by atoms with E-state index in [2.05, 4.69) is 10.4 Å². The van der Waals surface area contributed by atoms with Crippen molar-refractivity contribution in [3.05, 3.63) is 17.0 Å². The number of rotatable bonds is 1. The summed E-state index contributed by atoms with van der Waals surface area (Å²) >= 11 is 0. The molecule has 13 heavy (non-hydrogen) atoms. The number of nitrogens with zero attached hydrogens (tertiary/aromatic N) is 2. The van der Waals surface area contributed by atoms with E-state index in [-0.39, 0.29) is 5.91 Å².